The van der Waals surface area contributed by atoms with Gasteiger partial charge in [0, 0.05) is 17.3 Å². The number of para-hydroxylation sites is 1. The van der Waals surface area contributed by atoms with E-state index in [-0.39, 0.29) is 0 Å². The number of thiazole rings is 1. The molecule has 0 amide bonds. The monoisotopic (exact) mass is 256 g/mol. The Labute approximate surface area is 109 Å². The van der Waals surface area contributed by atoms with Crippen LogP contribution in [-0.4, -0.2) is 12.1 Å². The number of methoxy groups -OCH3 is 1. The van der Waals surface area contributed by atoms with Crippen LogP contribution in [0.15, 0.2) is 42.5 Å². The first-order valence-corrected chi connectivity index (χ1v) is 6.39. The highest BCUT2D eigenvalue weighted by Gasteiger charge is 2.09. The fraction of sp³-hybridized carbons (Fsp3) is 0.0714. The summed E-state index contributed by atoms with van der Waals surface area (Å²) in [5.41, 5.74) is 8.69. The fourth-order valence-electron chi connectivity index (χ4n) is 1.85. The Morgan fingerprint density at radius 2 is 2.00 bits per heavy atom. The number of benzene rings is 2. The SMILES string of the molecule is COc1ccc(-c2nc3ccccc3s2)c(N)c1. The van der Waals surface area contributed by atoms with Gasteiger partial charge in [-0.25, -0.2) is 4.98 Å². The predicted octanol–water partition coefficient (Wildman–Crippen LogP) is 3.55. The third-order valence-corrected chi connectivity index (χ3v) is 3.85. The average molecular weight is 256 g/mol. The minimum atomic E-state index is 0.688. The quantitative estimate of drug-likeness (QED) is 0.713. The number of aromatic nitrogens is 1. The van der Waals surface area contributed by atoms with Crippen LogP contribution in [0, 0.1) is 0 Å². The number of hydrogen-bond acceptors (Lipinski definition) is 4. The number of nitrogens with zero attached hydrogens (tertiary/aromatic N) is 1. The molecule has 0 saturated heterocycles. The molecule has 0 fully saturated rings. The maximum absolute atomic E-state index is 6.04. The molecule has 1 heterocycles. The van der Waals surface area contributed by atoms with Crippen LogP contribution in [0.5, 0.6) is 5.75 Å². The Balaban J connectivity index is 2.14. The summed E-state index contributed by atoms with van der Waals surface area (Å²) in [7, 11) is 1.63. The van der Waals surface area contributed by atoms with Gasteiger partial charge in [0.05, 0.1) is 17.3 Å². The second-order valence-electron chi connectivity index (χ2n) is 3.94. The highest BCUT2D eigenvalue weighted by molar-refractivity contribution is 7.21. The molecule has 0 radical (unpaired) electrons. The van der Waals surface area contributed by atoms with Crippen molar-refractivity contribution in [3.63, 3.8) is 0 Å². The highest BCUT2D eigenvalue weighted by Crippen LogP contribution is 2.34. The van der Waals surface area contributed by atoms with Crippen molar-refractivity contribution in [2.75, 3.05) is 12.8 Å². The first-order valence-electron chi connectivity index (χ1n) is 5.57. The van der Waals surface area contributed by atoms with Gasteiger partial charge in [0.15, 0.2) is 0 Å². The lowest BCUT2D eigenvalue weighted by atomic mass is 10.2. The number of ether oxygens (including phenoxy) is 1. The van der Waals surface area contributed by atoms with Crippen LogP contribution in [0.2, 0.25) is 0 Å². The van der Waals surface area contributed by atoms with E-state index in [1.165, 1.54) is 4.70 Å². The topological polar surface area (TPSA) is 48.1 Å². The zero-order valence-electron chi connectivity index (χ0n) is 9.88. The normalized spacial score (nSPS) is 10.7. The molecule has 0 bridgehead atoms. The first-order chi connectivity index (χ1) is 8.78. The van der Waals surface area contributed by atoms with Crippen LogP contribution in [0.1, 0.15) is 0 Å². The molecule has 0 saturated carbocycles. The van der Waals surface area contributed by atoms with Crippen molar-refractivity contribution in [2.24, 2.45) is 0 Å². The van der Waals surface area contributed by atoms with E-state index in [1.807, 2.05) is 36.4 Å². The van der Waals surface area contributed by atoms with Crippen molar-refractivity contribution in [3.05, 3.63) is 42.5 Å². The van der Waals surface area contributed by atoms with Crippen LogP contribution < -0.4 is 10.5 Å². The van der Waals surface area contributed by atoms with E-state index in [0.29, 0.717) is 5.69 Å². The van der Waals surface area contributed by atoms with Crippen molar-refractivity contribution in [1.29, 1.82) is 0 Å². The Morgan fingerprint density at radius 1 is 1.17 bits per heavy atom. The van der Waals surface area contributed by atoms with Crippen LogP contribution in [-0.2, 0) is 0 Å². The smallest absolute Gasteiger partial charge is 0.126 e. The lowest BCUT2D eigenvalue weighted by Crippen LogP contribution is -1.91. The third kappa shape index (κ3) is 1.80. The number of nitrogens with two attached hydrogens (primary N) is 1. The van der Waals surface area contributed by atoms with Gasteiger partial charge in [-0.3, -0.25) is 0 Å². The van der Waals surface area contributed by atoms with Gasteiger partial charge in [-0.15, -0.1) is 11.3 Å². The lowest BCUT2D eigenvalue weighted by Gasteiger charge is -2.04. The Bertz CT molecular complexity index is 673. The summed E-state index contributed by atoms with van der Waals surface area (Å²) in [5, 5.41) is 0.941. The average Bonchev–Trinajstić information content (AvgIpc) is 2.81. The number of nitrogen functional groups attached to an aromatic ring is 1. The van der Waals surface area contributed by atoms with Gasteiger partial charge in [-0.1, -0.05) is 12.1 Å². The van der Waals surface area contributed by atoms with E-state index < -0.39 is 0 Å². The summed E-state index contributed by atoms with van der Waals surface area (Å²) < 4.78 is 6.32. The molecule has 0 aliphatic carbocycles. The van der Waals surface area contributed by atoms with Gasteiger partial charge in [-0.05, 0) is 24.3 Å². The second kappa shape index (κ2) is 4.31. The standard InChI is InChI=1S/C14H12N2OS/c1-17-9-6-7-10(11(15)8-9)14-16-12-4-2-3-5-13(12)18-14/h2-8H,15H2,1H3. The van der Waals surface area contributed by atoms with E-state index in [4.69, 9.17) is 10.5 Å². The van der Waals surface area contributed by atoms with Gasteiger partial charge in [0.1, 0.15) is 10.8 Å². The minimum Gasteiger partial charge on any atom is -0.497 e. The molecule has 4 heteroatoms. The van der Waals surface area contributed by atoms with E-state index in [2.05, 4.69) is 11.1 Å². The minimum absolute atomic E-state index is 0.688. The van der Waals surface area contributed by atoms with Crippen molar-refractivity contribution in [3.8, 4) is 16.3 Å². The largest absolute Gasteiger partial charge is 0.497 e. The molecule has 0 aliphatic rings. The third-order valence-electron chi connectivity index (χ3n) is 2.78. The molecule has 2 aromatic carbocycles. The predicted molar refractivity (Wildman–Crippen MR) is 76.0 cm³/mol. The number of fused-ring (bicyclic) bond motifs is 1. The highest BCUT2D eigenvalue weighted by atomic mass is 32.1. The summed E-state index contributed by atoms with van der Waals surface area (Å²) in [5.74, 6) is 0.761. The molecule has 1 aromatic heterocycles. The summed E-state index contributed by atoms with van der Waals surface area (Å²) in [6, 6.07) is 13.8. The molecular formula is C14H12N2OS. The van der Waals surface area contributed by atoms with Crippen LogP contribution >= 0.6 is 11.3 Å². The molecule has 0 atom stereocenters. The van der Waals surface area contributed by atoms with E-state index in [9.17, 15) is 0 Å². The van der Waals surface area contributed by atoms with Crippen LogP contribution in [0.25, 0.3) is 20.8 Å². The lowest BCUT2D eigenvalue weighted by molar-refractivity contribution is 0.415. The molecule has 3 aromatic rings. The molecule has 0 spiro atoms. The first kappa shape index (κ1) is 11.0. The van der Waals surface area contributed by atoms with Gasteiger partial charge in [0.2, 0.25) is 0 Å². The van der Waals surface area contributed by atoms with E-state index in [1.54, 1.807) is 18.4 Å². The van der Waals surface area contributed by atoms with Gasteiger partial charge in [0.25, 0.3) is 0 Å². The second-order valence-corrected chi connectivity index (χ2v) is 4.97. The van der Waals surface area contributed by atoms with E-state index >= 15 is 0 Å². The summed E-state index contributed by atoms with van der Waals surface area (Å²) in [6.07, 6.45) is 0. The summed E-state index contributed by atoms with van der Waals surface area (Å²) >= 11 is 1.65. The molecule has 2 N–H and O–H groups in total. The van der Waals surface area contributed by atoms with Crippen molar-refractivity contribution in [2.45, 2.75) is 0 Å². The fourth-order valence-corrected chi connectivity index (χ4v) is 2.86. The maximum Gasteiger partial charge on any atom is 0.126 e. The van der Waals surface area contributed by atoms with Gasteiger partial charge >= 0.3 is 0 Å². The zero-order valence-corrected chi connectivity index (χ0v) is 10.7. The Kier molecular flexibility index (Phi) is 2.64. The number of hydrogen-bond donors (Lipinski definition) is 1. The molecule has 3 rings (SSSR count). The van der Waals surface area contributed by atoms with Gasteiger partial charge in [-0.2, -0.15) is 0 Å². The van der Waals surface area contributed by atoms with Crippen molar-refractivity contribution >= 4 is 27.2 Å². The Hall–Kier alpha value is -2.07. The van der Waals surface area contributed by atoms with Crippen molar-refractivity contribution in [1.82, 2.24) is 4.98 Å². The number of anilines is 1. The number of rotatable bonds is 2. The molecule has 18 heavy (non-hydrogen) atoms. The molecule has 90 valence electrons. The molecule has 3 nitrogen and oxygen atoms in total. The van der Waals surface area contributed by atoms with E-state index in [0.717, 1.165) is 21.8 Å². The van der Waals surface area contributed by atoms with Crippen molar-refractivity contribution < 1.29 is 4.74 Å². The Morgan fingerprint density at radius 3 is 2.72 bits per heavy atom. The van der Waals surface area contributed by atoms with Crippen LogP contribution in [0.3, 0.4) is 0 Å². The summed E-state index contributed by atoms with van der Waals surface area (Å²) in [6.45, 7) is 0. The van der Waals surface area contributed by atoms with Crippen LogP contribution in [0.4, 0.5) is 5.69 Å². The molecule has 0 aliphatic heterocycles. The maximum atomic E-state index is 6.04. The summed E-state index contributed by atoms with van der Waals surface area (Å²) in [4.78, 5) is 4.60. The molecule has 0 unspecified atom stereocenters. The van der Waals surface area contributed by atoms with Gasteiger partial charge < -0.3 is 10.5 Å². The zero-order chi connectivity index (χ0) is 12.5. The molecular weight excluding hydrogens is 244 g/mol.